The number of ketones is 1. The molecule has 0 unspecified atom stereocenters. The topological polar surface area (TPSA) is 85.3 Å². The molecule has 2 heterocycles. The Morgan fingerprint density at radius 2 is 1.62 bits per heavy atom. The van der Waals surface area contributed by atoms with Crippen molar-refractivity contribution < 1.29 is 24.0 Å². The molecule has 0 spiro atoms. The number of amides is 2. The first-order valence-electron chi connectivity index (χ1n) is 10.9. The van der Waals surface area contributed by atoms with Crippen LogP contribution in [0.1, 0.15) is 29.3 Å². The van der Waals surface area contributed by atoms with Crippen LogP contribution in [0.3, 0.4) is 0 Å². The Balaban J connectivity index is 1.30. The monoisotopic (exact) mass is 430 g/mol. The van der Waals surface area contributed by atoms with Crippen LogP contribution >= 0.6 is 0 Å². The van der Waals surface area contributed by atoms with E-state index in [2.05, 4.69) is 5.16 Å². The van der Waals surface area contributed by atoms with Crippen molar-refractivity contribution in [3.63, 3.8) is 0 Å². The molecule has 32 heavy (non-hydrogen) atoms. The molecule has 0 N–H and O–H groups in total. The van der Waals surface area contributed by atoms with Crippen molar-refractivity contribution >= 4 is 29.0 Å². The minimum absolute atomic E-state index is 0.00596. The molecule has 2 aliphatic heterocycles. The van der Waals surface area contributed by atoms with Gasteiger partial charge >= 0.3 is 0 Å². The zero-order valence-electron chi connectivity index (χ0n) is 17.7. The second-order valence-corrected chi connectivity index (χ2v) is 9.03. The molecular weight excluding hydrogens is 408 g/mol. The number of carbonyl (C=O) groups is 3. The molecule has 2 amide bonds. The Bertz CT molecular complexity index is 1170. The summed E-state index contributed by atoms with van der Waals surface area (Å²) in [7, 11) is 1.62. The van der Waals surface area contributed by atoms with Gasteiger partial charge in [-0.3, -0.25) is 19.3 Å². The van der Waals surface area contributed by atoms with E-state index in [1.165, 1.54) is 11.8 Å². The Labute approximate surface area is 185 Å². The number of rotatable bonds is 4. The third kappa shape index (κ3) is 2.48. The van der Waals surface area contributed by atoms with Crippen molar-refractivity contribution in [2.24, 2.45) is 34.7 Å². The smallest absolute Gasteiger partial charge is 0.238 e. The third-order valence-corrected chi connectivity index (χ3v) is 7.61. The SMILES string of the molecule is COc1ccc(C2=NO[C@@H]3[C@H]4C[C@@H]([C@@H]23)[C@H]2C(=O)N(c3ccc(C(C)=O)cc3)C(=O)[C@@H]42)cc1. The number of Topliss-reactive ketones (excluding diaryl/α,β-unsaturated/α-hetero) is 1. The quantitative estimate of drug-likeness (QED) is 0.550. The van der Waals surface area contributed by atoms with Crippen LogP contribution in [-0.4, -0.2) is 36.5 Å². The summed E-state index contributed by atoms with van der Waals surface area (Å²) in [6.45, 7) is 1.49. The molecule has 7 nitrogen and oxygen atoms in total. The van der Waals surface area contributed by atoms with Gasteiger partial charge in [-0.1, -0.05) is 5.16 Å². The summed E-state index contributed by atoms with van der Waals surface area (Å²) >= 11 is 0. The highest BCUT2D eigenvalue weighted by Gasteiger charge is 2.70. The lowest BCUT2D eigenvalue weighted by Gasteiger charge is -2.29. The predicted molar refractivity (Wildman–Crippen MR) is 115 cm³/mol. The minimum atomic E-state index is -0.369. The number of methoxy groups -OCH3 is 1. The van der Waals surface area contributed by atoms with Gasteiger partial charge in [0, 0.05) is 23.0 Å². The molecule has 3 fully saturated rings. The van der Waals surface area contributed by atoms with Crippen LogP contribution in [0.15, 0.2) is 53.7 Å². The number of anilines is 1. The number of hydrogen-bond donors (Lipinski definition) is 0. The third-order valence-electron chi connectivity index (χ3n) is 7.61. The Kier molecular flexibility index (Phi) is 4.06. The van der Waals surface area contributed by atoms with Crippen LogP contribution in [0, 0.1) is 29.6 Å². The standard InChI is InChI=1S/C25H22N2O5/c1-12(28)13-3-7-15(8-4-13)27-24(29)19-17-11-18(20(19)25(27)30)23-21(17)22(26-32-23)14-5-9-16(31-2)10-6-14/h3-10,17-21,23H,11H2,1-2H3/t17-,18+,19-,20+,21+,23-/m1/s1. The zero-order valence-corrected chi connectivity index (χ0v) is 17.7. The van der Waals surface area contributed by atoms with Gasteiger partial charge in [0.25, 0.3) is 0 Å². The van der Waals surface area contributed by atoms with Gasteiger partial charge in [-0.2, -0.15) is 0 Å². The van der Waals surface area contributed by atoms with Crippen LogP contribution in [0.5, 0.6) is 5.75 Å². The van der Waals surface area contributed by atoms with E-state index in [1.807, 2.05) is 24.3 Å². The van der Waals surface area contributed by atoms with Crippen molar-refractivity contribution in [3.8, 4) is 5.75 Å². The maximum absolute atomic E-state index is 13.5. The summed E-state index contributed by atoms with van der Waals surface area (Å²) in [4.78, 5) is 45.5. The Hall–Kier alpha value is -3.48. The summed E-state index contributed by atoms with van der Waals surface area (Å²) in [6, 6.07) is 14.4. The lowest BCUT2D eigenvalue weighted by atomic mass is 9.71. The van der Waals surface area contributed by atoms with E-state index in [0.717, 1.165) is 23.4 Å². The predicted octanol–water partition coefficient (Wildman–Crippen LogP) is 3.07. The Morgan fingerprint density at radius 3 is 2.25 bits per heavy atom. The first-order chi connectivity index (χ1) is 15.5. The Morgan fingerprint density at radius 1 is 0.969 bits per heavy atom. The van der Waals surface area contributed by atoms with Crippen molar-refractivity contribution in [1.29, 1.82) is 0 Å². The molecule has 0 aromatic heterocycles. The second-order valence-electron chi connectivity index (χ2n) is 9.03. The van der Waals surface area contributed by atoms with Gasteiger partial charge < -0.3 is 9.57 Å². The number of benzene rings is 2. The number of imide groups is 1. The average molecular weight is 430 g/mol. The first kappa shape index (κ1) is 19.2. The molecule has 0 radical (unpaired) electrons. The van der Waals surface area contributed by atoms with Crippen LogP contribution in [0.4, 0.5) is 5.69 Å². The second kappa shape index (κ2) is 6.76. The maximum Gasteiger partial charge on any atom is 0.238 e. The molecule has 2 aromatic carbocycles. The molecule has 2 bridgehead atoms. The fraction of sp³-hybridized carbons (Fsp3) is 0.360. The number of hydrogen-bond acceptors (Lipinski definition) is 6. The van der Waals surface area contributed by atoms with E-state index in [4.69, 9.17) is 9.57 Å². The largest absolute Gasteiger partial charge is 0.497 e. The average Bonchev–Trinajstić information content (AvgIpc) is 3.54. The van der Waals surface area contributed by atoms with E-state index >= 15 is 0 Å². The van der Waals surface area contributed by atoms with Crippen molar-refractivity contribution in [3.05, 3.63) is 59.7 Å². The van der Waals surface area contributed by atoms with E-state index in [1.54, 1.807) is 31.4 Å². The maximum atomic E-state index is 13.5. The lowest BCUT2D eigenvalue weighted by Crippen LogP contribution is -2.41. The van der Waals surface area contributed by atoms with Crippen molar-refractivity contribution in [2.45, 2.75) is 19.4 Å². The summed E-state index contributed by atoms with van der Waals surface area (Å²) in [5.74, 6) is -0.319. The molecule has 1 saturated heterocycles. The minimum Gasteiger partial charge on any atom is -0.497 e. The van der Waals surface area contributed by atoms with Crippen LogP contribution < -0.4 is 9.64 Å². The van der Waals surface area contributed by atoms with Crippen LogP contribution in [0.25, 0.3) is 0 Å². The molecule has 2 aliphatic carbocycles. The van der Waals surface area contributed by atoms with Gasteiger partial charge in [0.2, 0.25) is 11.8 Å². The fourth-order valence-electron chi connectivity index (χ4n) is 6.23. The first-order valence-corrected chi connectivity index (χ1v) is 10.9. The number of fused-ring (bicyclic) bond motifs is 8. The molecule has 2 saturated carbocycles. The van der Waals surface area contributed by atoms with Gasteiger partial charge in [-0.15, -0.1) is 0 Å². The van der Waals surface area contributed by atoms with Gasteiger partial charge in [0.1, 0.15) is 11.9 Å². The molecule has 7 heteroatoms. The van der Waals surface area contributed by atoms with E-state index in [-0.39, 0.29) is 53.3 Å². The van der Waals surface area contributed by atoms with Crippen molar-refractivity contribution in [2.75, 3.05) is 12.0 Å². The number of carbonyl (C=O) groups excluding carboxylic acids is 3. The number of ether oxygens (including phenoxy) is 1. The summed E-state index contributed by atoms with van der Waals surface area (Å²) in [5, 5.41) is 4.38. The molecule has 6 atom stereocenters. The highest BCUT2D eigenvalue weighted by atomic mass is 16.6. The highest BCUT2D eigenvalue weighted by molar-refractivity contribution is 6.23. The van der Waals surface area contributed by atoms with Crippen LogP contribution in [0.2, 0.25) is 0 Å². The molecule has 6 rings (SSSR count). The normalized spacial score (nSPS) is 31.9. The van der Waals surface area contributed by atoms with Gasteiger partial charge in [0.05, 0.1) is 30.3 Å². The van der Waals surface area contributed by atoms with Crippen molar-refractivity contribution in [1.82, 2.24) is 0 Å². The summed E-state index contributed by atoms with van der Waals surface area (Å²) in [5.41, 5.74) is 2.88. The zero-order chi connectivity index (χ0) is 22.1. The molecule has 2 aromatic rings. The summed E-state index contributed by atoms with van der Waals surface area (Å²) in [6.07, 6.45) is 0.629. The number of oxime groups is 1. The fourth-order valence-corrected chi connectivity index (χ4v) is 6.23. The van der Waals surface area contributed by atoms with Crippen LogP contribution in [-0.2, 0) is 14.4 Å². The highest BCUT2D eigenvalue weighted by Crippen LogP contribution is 2.62. The van der Waals surface area contributed by atoms with Gasteiger partial charge in [-0.05, 0) is 67.8 Å². The molecule has 4 aliphatic rings. The van der Waals surface area contributed by atoms with E-state index in [9.17, 15) is 14.4 Å². The van der Waals surface area contributed by atoms with Gasteiger partial charge in [0.15, 0.2) is 5.78 Å². The van der Waals surface area contributed by atoms with E-state index in [0.29, 0.717) is 11.3 Å². The molecule has 162 valence electrons. The van der Waals surface area contributed by atoms with Gasteiger partial charge in [-0.25, -0.2) is 0 Å². The molecular formula is C25H22N2O5. The lowest BCUT2D eigenvalue weighted by molar-refractivity contribution is -0.125. The number of nitrogens with zero attached hydrogens (tertiary/aromatic N) is 2. The van der Waals surface area contributed by atoms with E-state index < -0.39 is 0 Å². The summed E-state index contributed by atoms with van der Waals surface area (Å²) < 4.78 is 5.25.